The van der Waals surface area contributed by atoms with Crippen LogP contribution in [0.25, 0.3) is 22.2 Å². The summed E-state index contributed by atoms with van der Waals surface area (Å²) in [5, 5.41) is 7.56. The number of likely N-dealkylation sites (tertiary alicyclic amines) is 1. The van der Waals surface area contributed by atoms with Gasteiger partial charge in [-0.15, -0.1) is 0 Å². The van der Waals surface area contributed by atoms with Crippen molar-refractivity contribution in [2.45, 2.75) is 6.04 Å². The molecule has 10 nitrogen and oxygen atoms in total. The predicted octanol–water partition coefficient (Wildman–Crippen LogP) is 3.61. The monoisotopic (exact) mass is 544 g/mol. The van der Waals surface area contributed by atoms with Crippen LogP contribution in [0.1, 0.15) is 0 Å². The van der Waals surface area contributed by atoms with E-state index in [0.717, 1.165) is 85.4 Å². The number of benzene rings is 1. The van der Waals surface area contributed by atoms with Crippen molar-refractivity contribution in [1.82, 2.24) is 29.7 Å². The zero-order valence-electron chi connectivity index (χ0n) is 22.3. The molecule has 0 unspecified atom stereocenters. The summed E-state index contributed by atoms with van der Waals surface area (Å²) < 4.78 is 23.9. The fraction of sp³-hybridized carbons (Fsp3) is 0.379. The lowest BCUT2D eigenvalue weighted by atomic mass is 10.1. The van der Waals surface area contributed by atoms with Gasteiger partial charge in [0.1, 0.15) is 24.8 Å². The first-order chi connectivity index (χ1) is 19.7. The average Bonchev–Trinajstić information content (AvgIpc) is 2.97. The van der Waals surface area contributed by atoms with Crippen LogP contribution in [-0.4, -0.2) is 102 Å². The van der Waals surface area contributed by atoms with E-state index in [1.807, 2.05) is 42.5 Å². The molecule has 0 amide bonds. The largest absolute Gasteiger partial charge is 0.492 e. The summed E-state index contributed by atoms with van der Waals surface area (Å²) in [7, 11) is 0. The van der Waals surface area contributed by atoms with E-state index in [2.05, 4.69) is 35.4 Å². The number of pyridine rings is 2. The van der Waals surface area contributed by atoms with Crippen LogP contribution in [-0.2, 0) is 4.74 Å². The fourth-order valence-electron chi connectivity index (χ4n) is 4.94. The lowest BCUT2D eigenvalue weighted by Crippen LogP contribution is -2.55. The SMILES string of the molecule is FCCN1CC(Nc2ccc(Nc3ncc4cccc(-c5cc(OCCN6CCOCC6)ccn5)c4n3)cn2)C1. The van der Waals surface area contributed by atoms with Gasteiger partial charge in [-0.05, 0) is 18.2 Å². The van der Waals surface area contributed by atoms with Gasteiger partial charge in [-0.25, -0.2) is 19.3 Å². The molecule has 6 rings (SSSR count). The molecule has 0 bridgehead atoms. The Bertz CT molecular complexity index is 1410. The quantitative estimate of drug-likeness (QED) is 0.291. The Morgan fingerprint density at radius 1 is 0.975 bits per heavy atom. The predicted molar refractivity (Wildman–Crippen MR) is 153 cm³/mol. The Balaban J connectivity index is 1.12. The van der Waals surface area contributed by atoms with Gasteiger partial charge in [0.15, 0.2) is 0 Å². The molecule has 0 atom stereocenters. The summed E-state index contributed by atoms with van der Waals surface area (Å²) in [6, 6.07) is 14.0. The minimum Gasteiger partial charge on any atom is -0.492 e. The molecule has 2 N–H and O–H groups in total. The first-order valence-corrected chi connectivity index (χ1v) is 13.7. The van der Waals surface area contributed by atoms with Gasteiger partial charge in [-0.1, -0.05) is 18.2 Å². The number of aromatic nitrogens is 4. The van der Waals surface area contributed by atoms with E-state index in [1.165, 1.54) is 0 Å². The molecule has 2 aliphatic heterocycles. The molecular formula is C29H33FN8O2. The first kappa shape index (κ1) is 26.3. The van der Waals surface area contributed by atoms with Gasteiger partial charge in [0.2, 0.25) is 5.95 Å². The molecule has 11 heteroatoms. The van der Waals surface area contributed by atoms with Crippen molar-refractivity contribution >= 4 is 28.4 Å². The summed E-state index contributed by atoms with van der Waals surface area (Å²) >= 11 is 0. The standard InChI is InChI=1S/C29H33FN8O2/c30-7-9-38-19-23(20-38)34-27-5-4-22(18-32-27)35-29-33-17-21-2-1-3-25(28(21)36-29)26-16-24(6-8-31-26)40-15-12-37-10-13-39-14-11-37/h1-6,8,16-18,23H,7,9-15,19-20H2,(H,32,34)(H,33,35,36). The molecule has 3 aromatic heterocycles. The number of hydrogen-bond acceptors (Lipinski definition) is 10. The van der Waals surface area contributed by atoms with Gasteiger partial charge in [-0.2, -0.15) is 0 Å². The number of halogens is 1. The highest BCUT2D eigenvalue weighted by molar-refractivity contribution is 5.93. The molecule has 2 fully saturated rings. The van der Waals surface area contributed by atoms with E-state index in [9.17, 15) is 4.39 Å². The van der Waals surface area contributed by atoms with Crippen molar-refractivity contribution in [2.75, 3.05) is 76.4 Å². The average molecular weight is 545 g/mol. The molecule has 2 saturated heterocycles. The maximum absolute atomic E-state index is 12.4. The van der Waals surface area contributed by atoms with Crippen molar-refractivity contribution in [3.8, 4) is 17.0 Å². The van der Waals surface area contributed by atoms with E-state index >= 15 is 0 Å². The third-order valence-electron chi connectivity index (χ3n) is 7.13. The van der Waals surface area contributed by atoms with Crippen molar-refractivity contribution < 1.29 is 13.9 Å². The fourth-order valence-corrected chi connectivity index (χ4v) is 4.94. The van der Waals surface area contributed by atoms with Crippen LogP contribution in [0.4, 0.5) is 21.8 Å². The van der Waals surface area contributed by atoms with Gasteiger partial charge < -0.3 is 20.1 Å². The Hall–Kier alpha value is -3.93. The highest BCUT2D eigenvalue weighted by Gasteiger charge is 2.26. The smallest absolute Gasteiger partial charge is 0.227 e. The van der Waals surface area contributed by atoms with E-state index in [-0.39, 0.29) is 6.67 Å². The zero-order valence-corrected chi connectivity index (χ0v) is 22.3. The van der Waals surface area contributed by atoms with Crippen molar-refractivity contribution in [1.29, 1.82) is 0 Å². The van der Waals surface area contributed by atoms with E-state index in [0.29, 0.717) is 25.1 Å². The normalized spacial score (nSPS) is 16.5. The molecule has 1 aromatic carbocycles. The number of anilines is 3. The molecule has 0 spiro atoms. The molecule has 0 saturated carbocycles. The topological polar surface area (TPSA) is 101 Å². The van der Waals surface area contributed by atoms with Crippen molar-refractivity contribution in [2.24, 2.45) is 0 Å². The number of ether oxygens (including phenoxy) is 2. The lowest BCUT2D eigenvalue weighted by Gasteiger charge is -2.39. The third-order valence-corrected chi connectivity index (χ3v) is 7.13. The van der Waals surface area contributed by atoms with E-state index in [1.54, 1.807) is 18.6 Å². The van der Waals surface area contributed by atoms with Crippen LogP contribution >= 0.6 is 0 Å². The minimum atomic E-state index is -0.309. The van der Waals surface area contributed by atoms with E-state index in [4.69, 9.17) is 14.5 Å². The minimum absolute atomic E-state index is 0.294. The van der Waals surface area contributed by atoms with Crippen LogP contribution in [0, 0.1) is 0 Å². The number of nitrogens with zero attached hydrogens (tertiary/aromatic N) is 6. The molecule has 5 heterocycles. The maximum atomic E-state index is 12.4. The van der Waals surface area contributed by atoms with Crippen LogP contribution < -0.4 is 15.4 Å². The number of morpholine rings is 1. The van der Waals surface area contributed by atoms with Crippen molar-refractivity contribution in [3.63, 3.8) is 0 Å². The van der Waals surface area contributed by atoms with Gasteiger partial charge in [0.05, 0.1) is 42.4 Å². The Kier molecular flexibility index (Phi) is 8.22. The van der Waals surface area contributed by atoms with Crippen LogP contribution in [0.2, 0.25) is 0 Å². The summed E-state index contributed by atoms with van der Waals surface area (Å²) in [6.07, 6.45) is 5.32. The number of para-hydroxylation sites is 1. The van der Waals surface area contributed by atoms with Gasteiger partial charge in [0, 0.05) is 68.7 Å². The molecule has 40 heavy (non-hydrogen) atoms. The van der Waals surface area contributed by atoms with E-state index < -0.39 is 0 Å². The Morgan fingerprint density at radius 3 is 2.70 bits per heavy atom. The zero-order chi connectivity index (χ0) is 27.1. The maximum Gasteiger partial charge on any atom is 0.227 e. The summed E-state index contributed by atoms with van der Waals surface area (Å²) in [6.45, 7) is 6.75. The second kappa shape index (κ2) is 12.5. The molecule has 2 aliphatic rings. The number of alkyl halides is 1. The number of hydrogen-bond donors (Lipinski definition) is 2. The highest BCUT2D eigenvalue weighted by atomic mass is 19.1. The van der Waals surface area contributed by atoms with Crippen LogP contribution in [0.3, 0.4) is 0 Å². The summed E-state index contributed by atoms with van der Waals surface area (Å²) in [5.74, 6) is 2.04. The number of nitrogens with one attached hydrogen (secondary N) is 2. The third kappa shape index (κ3) is 6.44. The lowest BCUT2D eigenvalue weighted by molar-refractivity contribution is 0.0322. The Labute approximate surface area is 232 Å². The van der Waals surface area contributed by atoms with Crippen LogP contribution in [0.15, 0.2) is 61.1 Å². The Morgan fingerprint density at radius 2 is 1.88 bits per heavy atom. The van der Waals surface area contributed by atoms with Gasteiger partial charge in [-0.3, -0.25) is 14.8 Å². The first-order valence-electron chi connectivity index (χ1n) is 13.7. The van der Waals surface area contributed by atoms with Crippen LogP contribution in [0.5, 0.6) is 5.75 Å². The number of fused-ring (bicyclic) bond motifs is 1. The second-order valence-electron chi connectivity index (χ2n) is 9.96. The second-order valence-corrected chi connectivity index (χ2v) is 9.96. The van der Waals surface area contributed by atoms with Gasteiger partial charge >= 0.3 is 0 Å². The molecule has 208 valence electrons. The van der Waals surface area contributed by atoms with Crippen molar-refractivity contribution in [3.05, 3.63) is 61.1 Å². The number of rotatable bonds is 11. The molecule has 0 aliphatic carbocycles. The molecular weight excluding hydrogens is 511 g/mol. The highest BCUT2D eigenvalue weighted by Crippen LogP contribution is 2.29. The van der Waals surface area contributed by atoms with Gasteiger partial charge in [0.25, 0.3) is 0 Å². The summed E-state index contributed by atoms with van der Waals surface area (Å²) in [4.78, 5) is 22.8. The molecule has 4 aromatic rings. The molecule has 0 radical (unpaired) electrons. The summed E-state index contributed by atoms with van der Waals surface area (Å²) in [5.41, 5.74) is 3.27.